The standard InChI is InChI=1S/C5H8N2O6/c8-2-1-4(9)3-5(6(10)11)7(12)13/h2,4-5,9H,1,3H2. The third-order valence-corrected chi connectivity index (χ3v) is 1.34. The van der Waals surface area contributed by atoms with E-state index in [1.165, 1.54) is 0 Å². The predicted molar refractivity (Wildman–Crippen MR) is 39.1 cm³/mol. The van der Waals surface area contributed by atoms with E-state index in [4.69, 9.17) is 5.11 Å². The average molecular weight is 192 g/mol. The van der Waals surface area contributed by atoms with Gasteiger partial charge in [0.15, 0.2) is 0 Å². The predicted octanol–water partition coefficient (Wildman–Crippen LogP) is -0.794. The fourth-order valence-electron chi connectivity index (χ4n) is 0.700. The third kappa shape index (κ3) is 4.11. The number of aldehydes is 1. The zero-order valence-electron chi connectivity index (χ0n) is 6.53. The first-order chi connectivity index (χ1) is 5.99. The molecule has 0 aliphatic rings. The Morgan fingerprint density at radius 1 is 1.31 bits per heavy atom. The minimum atomic E-state index is -2.05. The fraction of sp³-hybridized carbons (Fsp3) is 0.800. The molecule has 0 amide bonds. The van der Waals surface area contributed by atoms with Crippen molar-refractivity contribution in [1.29, 1.82) is 0 Å². The zero-order chi connectivity index (χ0) is 10.4. The highest BCUT2D eigenvalue weighted by Crippen LogP contribution is 2.04. The summed E-state index contributed by atoms with van der Waals surface area (Å²) in [5.74, 6) is 0. The molecule has 0 fully saturated rings. The molecule has 0 rings (SSSR count). The van der Waals surface area contributed by atoms with Crippen molar-refractivity contribution in [3.63, 3.8) is 0 Å². The highest BCUT2D eigenvalue weighted by atomic mass is 16.7. The lowest BCUT2D eigenvalue weighted by atomic mass is 10.2. The Kier molecular flexibility index (Phi) is 4.52. The van der Waals surface area contributed by atoms with E-state index in [9.17, 15) is 25.0 Å². The van der Waals surface area contributed by atoms with Crippen molar-refractivity contribution in [3.05, 3.63) is 20.2 Å². The second-order valence-corrected chi connectivity index (χ2v) is 2.34. The molecular weight excluding hydrogens is 184 g/mol. The first-order valence-corrected chi connectivity index (χ1v) is 3.37. The summed E-state index contributed by atoms with van der Waals surface area (Å²) in [7, 11) is 0. The van der Waals surface area contributed by atoms with Crippen molar-refractivity contribution in [2.24, 2.45) is 0 Å². The number of carbonyl (C=O) groups is 1. The number of rotatable bonds is 6. The van der Waals surface area contributed by atoms with Crippen LogP contribution in [0.5, 0.6) is 0 Å². The summed E-state index contributed by atoms with van der Waals surface area (Å²) in [5.41, 5.74) is 0. The van der Waals surface area contributed by atoms with Crippen LogP contribution >= 0.6 is 0 Å². The molecule has 8 nitrogen and oxygen atoms in total. The number of aliphatic hydroxyl groups is 1. The van der Waals surface area contributed by atoms with Crippen LogP contribution in [0.4, 0.5) is 0 Å². The molecule has 0 aromatic carbocycles. The fourth-order valence-corrected chi connectivity index (χ4v) is 0.700. The van der Waals surface area contributed by atoms with Crippen molar-refractivity contribution >= 4 is 6.29 Å². The molecular formula is C5H8N2O6. The number of carbonyl (C=O) groups excluding carboxylic acids is 1. The van der Waals surface area contributed by atoms with Crippen molar-refractivity contribution in [2.45, 2.75) is 25.1 Å². The minimum Gasteiger partial charge on any atom is -0.392 e. The van der Waals surface area contributed by atoms with E-state index in [0.29, 0.717) is 6.29 Å². The Hall–Kier alpha value is -1.57. The van der Waals surface area contributed by atoms with Crippen molar-refractivity contribution in [1.82, 2.24) is 0 Å². The van der Waals surface area contributed by atoms with Crippen LogP contribution in [0.1, 0.15) is 12.8 Å². The molecule has 1 N–H and O–H groups in total. The van der Waals surface area contributed by atoms with Gasteiger partial charge in [-0.1, -0.05) is 0 Å². The molecule has 0 saturated carbocycles. The number of hydrogen-bond donors (Lipinski definition) is 1. The lowest BCUT2D eigenvalue weighted by molar-refractivity contribution is -0.744. The Balaban J connectivity index is 4.17. The number of nitro groups is 2. The van der Waals surface area contributed by atoms with Gasteiger partial charge in [0.2, 0.25) is 0 Å². The maximum atomic E-state index is 10.0. The van der Waals surface area contributed by atoms with Gasteiger partial charge in [0.25, 0.3) is 0 Å². The van der Waals surface area contributed by atoms with E-state index in [0.717, 1.165) is 0 Å². The van der Waals surface area contributed by atoms with Gasteiger partial charge in [0.05, 0.1) is 16.0 Å². The number of nitrogens with zero attached hydrogens (tertiary/aromatic N) is 2. The van der Waals surface area contributed by atoms with E-state index in [1.54, 1.807) is 0 Å². The zero-order valence-corrected chi connectivity index (χ0v) is 6.53. The van der Waals surface area contributed by atoms with Gasteiger partial charge in [0, 0.05) is 6.42 Å². The maximum Gasteiger partial charge on any atom is 0.453 e. The van der Waals surface area contributed by atoms with Gasteiger partial charge in [-0.2, -0.15) is 0 Å². The molecule has 0 heterocycles. The minimum absolute atomic E-state index is 0.335. The van der Waals surface area contributed by atoms with Gasteiger partial charge in [-0.15, -0.1) is 0 Å². The summed E-state index contributed by atoms with van der Waals surface area (Å²) in [6.07, 6.45) is -4.02. The van der Waals surface area contributed by atoms with E-state index in [2.05, 4.69) is 0 Å². The summed E-state index contributed by atoms with van der Waals surface area (Å²) in [6, 6.07) is 0. The van der Waals surface area contributed by atoms with Crippen LogP contribution in [0.25, 0.3) is 0 Å². The van der Waals surface area contributed by atoms with Crippen LogP contribution in [-0.2, 0) is 4.79 Å². The summed E-state index contributed by atoms with van der Waals surface area (Å²) in [5, 5.41) is 29.0. The van der Waals surface area contributed by atoms with Crippen LogP contribution < -0.4 is 0 Å². The highest BCUT2D eigenvalue weighted by Gasteiger charge is 2.34. The van der Waals surface area contributed by atoms with Gasteiger partial charge in [-0.25, -0.2) is 0 Å². The molecule has 0 radical (unpaired) electrons. The van der Waals surface area contributed by atoms with E-state index in [-0.39, 0.29) is 6.42 Å². The Morgan fingerprint density at radius 3 is 2.08 bits per heavy atom. The Bertz CT molecular complexity index is 203. The number of hydrogen-bond acceptors (Lipinski definition) is 6. The van der Waals surface area contributed by atoms with Crippen LogP contribution in [0.2, 0.25) is 0 Å². The summed E-state index contributed by atoms with van der Waals surface area (Å²) in [6.45, 7) is 0. The number of aliphatic hydroxyl groups excluding tert-OH is 1. The van der Waals surface area contributed by atoms with E-state index >= 15 is 0 Å². The summed E-state index contributed by atoms with van der Waals surface area (Å²) in [4.78, 5) is 27.7. The Morgan fingerprint density at radius 2 is 1.77 bits per heavy atom. The maximum absolute atomic E-state index is 10.0. The van der Waals surface area contributed by atoms with E-state index in [1.807, 2.05) is 0 Å². The molecule has 0 aliphatic heterocycles. The normalized spacial score (nSPS) is 12.5. The van der Waals surface area contributed by atoms with Gasteiger partial charge in [-0.3, -0.25) is 20.2 Å². The largest absolute Gasteiger partial charge is 0.453 e. The molecule has 13 heavy (non-hydrogen) atoms. The molecule has 0 aromatic heterocycles. The summed E-state index contributed by atoms with van der Waals surface area (Å²) < 4.78 is 0. The second-order valence-electron chi connectivity index (χ2n) is 2.34. The molecule has 8 heteroatoms. The third-order valence-electron chi connectivity index (χ3n) is 1.34. The molecule has 1 atom stereocenters. The first kappa shape index (κ1) is 11.4. The molecule has 0 aromatic rings. The van der Waals surface area contributed by atoms with Gasteiger partial charge in [0.1, 0.15) is 12.7 Å². The quantitative estimate of drug-likeness (QED) is 0.254. The Labute approximate surface area is 72.5 Å². The molecule has 0 spiro atoms. The highest BCUT2D eigenvalue weighted by molar-refractivity contribution is 5.49. The van der Waals surface area contributed by atoms with Crippen LogP contribution in [-0.4, -0.2) is 33.5 Å². The van der Waals surface area contributed by atoms with Crippen LogP contribution in [0, 0.1) is 20.2 Å². The molecule has 0 aliphatic carbocycles. The smallest absolute Gasteiger partial charge is 0.392 e. The van der Waals surface area contributed by atoms with Crippen LogP contribution in [0.15, 0.2) is 0 Å². The van der Waals surface area contributed by atoms with Crippen molar-refractivity contribution < 1.29 is 19.7 Å². The molecule has 1 unspecified atom stereocenters. The van der Waals surface area contributed by atoms with Gasteiger partial charge < -0.3 is 9.90 Å². The monoisotopic (exact) mass is 192 g/mol. The SMILES string of the molecule is O=CCC(O)CC([N+](=O)[O-])[N+](=O)[O-]. The van der Waals surface area contributed by atoms with Gasteiger partial charge >= 0.3 is 6.17 Å². The molecule has 74 valence electrons. The van der Waals surface area contributed by atoms with Crippen molar-refractivity contribution in [3.8, 4) is 0 Å². The first-order valence-electron chi connectivity index (χ1n) is 3.37. The topological polar surface area (TPSA) is 124 Å². The second kappa shape index (κ2) is 5.14. The van der Waals surface area contributed by atoms with Gasteiger partial charge in [-0.05, 0) is 0 Å². The van der Waals surface area contributed by atoms with Crippen LogP contribution in [0.3, 0.4) is 0 Å². The van der Waals surface area contributed by atoms with Crippen molar-refractivity contribution in [2.75, 3.05) is 0 Å². The molecule has 0 bridgehead atoms. The van der Waals surface area contributed by atoms with E-state index < -0.39 is 28.5 Å². The lowest BCUT2D eigenvalue weighted by Crippen LogP contribution is -2.32. The molecule has 0 saturated heterocycles. The average Bonchev–Trinajstić information content (AvgIpc) is 1.99. The lowest BCUT2D eigenvalue weighted by Gasteiger charge is -2.05. The summed E-state index contributed by atoms with van der Waals surface area (Å²) >= 11 is 0.